The minimum atomic E-state index is -1.71. The number of rotatable bonds is 7. The molecule has 1 saturated heterocycles. The summed E-state index contributed by atoms with van der Waals surface area (Å²) in [6, 6.07) is 8.25. The average Bonchev–Trinajstić information content (AvgIpc) is 2.58. The van der Waals surface area contributed by atoms with E-state index >= 15 is 0 Å². The topological polar surface area (TPSA) is 49.8 Å². The van der Waals surface area contributed by atoms with E-state index in [0.717, 1.165) is 25.3 Å². The third-order valence-electron chi connectivity index (χ3n) is 5.95. The third kappa shape index (κ3) is 5.58. The van der Waals surface area contributed by atoms with Crippen LogP contribution in [0, 0.1) is 5.92 Å². The molecule has 1 unspecified atom stereocenters. The van der Waals surface area contributed by atoms with Gasteiger partial charge in [-0.2, -0.15) is 0 Å². The van der Waals surface area contributed by atoms with Gasteiger partial charge < -0.3 is 14.4 Å². The van der Waals surface area contributed by atoms with E-state index in [-0.39, 0.29) is 11.5 Å². The Morgan fingerprint density at radius 2 is 2.00 bits per heavy atom. The highest BCUT2D eigenvalue weighted by Crippen LogP contribution is 2.37. The second kappa shape index (κ2) is 8.57. The van der Waals surface area contributed by atoms with Crippen LogP contribution >= 0.6 is 0 Å². The number of aryl methyl sites for hydroxylation is 1. The molecule has 1 atom stereocenters. The summed E-state index contributed by atoms with van der Waals surface area (Å²) >= 11 is 0. The Hall–Kier alpha value is -1.33. The summed E-state index contributed by atoms with van der Waals surface area (Å²) in [6.07, 6.45) is 3.15. The minimum absolute atomic E-state index is 0.183. The van der Waals surface area contributed by atoms with Crippen LogP contribution in [0.1, 0.15) is 45.6 Å². The van der Waals surface area contributed by atoms with Crippen molar-refractivity contribution in [1.29, 1.82) is 0 Å². The molecule has 0 saturated carbocycles. The zero-order valence-electron chi connectivity index (χ0n) is 17.0. The molecule has 0 bridgehead atoms. The summed E-state index contributed by atoms with van der Waals surface area (Å²) in [6.45, 7) is 14.4. The number of para-hydroxylation sites is 1. The first-order chi connectivity index (χ1) is 12.1. The SMILES string of the molecule is CC(C)(C)[Si](C)(C)OCC1CCCN(c2ccccc2CCC(=O)O)C1. The molecular weight excluding hydrogens is 342 g/mol. The number of carboxylic acids is 1. The summed E-state index contributed by atoms with van der Waals surface area (Å²) < 4.78 is 6.46. The van der Waals surface area contributed by atoms with E-state index in [1.165, 1.54) is 18.5 Å². The van der Waals surface area contributed by atoms with Crippen LogP contribution in [-0.4, -0.2) is 39.1 Å². The van der Waals surface area contributed by atoms with Gasteiger partial charge in [0, 0.05) is 31.8 Å². The van der Waals surface area contributed by atoms with Gasteiger partial charge in [0.25, 0.3) is 0 Å². The molecular formula is C21H35NO3Si. The van der Waals surface area contributed by atoms with E-state index in [4.69, 9.17) is 9.53 Å². The number of aliphatic carboxylic acids is 1. The Kier molecular flexibility index (Phi) is 6.91. The molecule has 146 valence electrons. The molecule has 5 heteroatoms. The molecule has 0 radical (unpaired) electrons. The van der Waals surface area contributed by atoms with Crippen molar-refractivity contribution >= 4 is 20.0 Å². The van der Waals surface area contributed by atoms with Gasteiger partial charge in [0.1, 0.15) is 0 Å². The standard InChI is InChI=1S/C21H35NO3Si/c1-21(2,3)26(4,5)25-16-17-9-8-14-22(15-17)19-11-7-6-10-18(19)12-13-20(23)24/h6-7,10-11,17H,8-9,12-16H2,1-5H3,(H,23,24). The minimum Gasteiger partial charge on any atom is -0.481 e. The lowest BCUT2D eigenvalue weighted by Crippen LogP contribution is -2.44. The number of carbonyl (C=O) groups is 1. The molecule has 0 amide bonds. The van der Waals surface area contributed by atoms with E-state index < -0.39 is 14.3 Å². The van der Waals surface area contributed by atoms with Gasteiger partial charge in [0.15, 0.2) is 8.32 Å². The average molecular weight is 378 g/mol. The highest BCUT2D eigenvalue weighted by Gasteiger charge is 2.38. The predicted octanol–water partition coefficient (Wildman–Crippen LogP) is 4.94. The lowest BCUT2D eigenvalue weighted by molar-refractivity contribution is -0.136. The molecule has 4 nitrogen and oxygen atoms in total. The van der Waals surface area contributed by atoms with Crippen molar-refractivity contribution < 1.29 is 14.3 Å². The van der Waals surface area contributed by atoms with Crippen LogP contribution in [0.15, 0.2) is 24.3 Å². The van der Waals surface area contributed by atoms with Crippen LogP contribution in [0.25, 0.3) is 0 Å². The van der Waals surface area contributed by atoms with E-state index in [1.807, 2.05) is 6.07 Å². The summed E-state index contributed by atoms with van der Waals surface area (Å²) in [4.78, 5) is 13.4. The number of carboxylic acid groups (broad SMARTS) is 1. The van der Waals surface area contributed by atoms with Crippen molar-refractivity contribution in [3.05, 3.63) is 29.8 Å². The molecule has 1 aromatic rings. The molecule has 1 N–H and O–H groups in total. The summed E-state index contributed by atoms with van der Waals surface area (Å²) in [5.74, 6) is -0.190. The van der Waals surface area contributed by atoms with Gasteiger partial charge in [-0.15, -0.1) is 0 Å². The Bertz CT molecular complexity index is 610. The van der Waals surface area contributed by atoms with Crippen molar-refractivity contribution in [2.45, 2.75) is 64.6 Å². The molecule has 1 heterocycles. The second-order valence-electron chi connectivity index (χ2n) is 9.05. The maximum absolute atomic E-state index is 10.9. The molecule has 2 rings (SSSR count). The highest BCUT2D eigenvalue weighted by atomic mass is 28.4. The zero-order chi connectivity index (χ0) is 19.4. The molecule has 1 aliphatic rings. The zero-order valence-corrected chi connectivity index (χ0v) is 18.0. The fourth-order valence-electron chi connectivity index (χ4n) is 3.23. The predicted molar refractivity (Wildman–Crippen MR) is 110 cm³/mol. The van der Waals surface area contributed by atoms with Crippen molar-refractivity contribution in [1.82, 2.24) is 0 Å². The van der Waals surface area contributed by atoms with Crippen molar-refractivity contribution in [3.63, 3.8) is 0 Å². The van der Waals surface area contributed by atoms with Crippen LogP contribution in [0.5, 0.6) is 0 Å². The monoisotopic (exact) mass is 377 g/mol. The number of nitrogens with zero attached hydrogens (tertiary/aromatic N) is 1. The number of hydrogen-bond acceptors (Lipinski definition) is 3. The van der Waals surface area contributed by atoms with E-state index in [0.29, 0.717) is 12.3 Å². The van der Waals surface area contributed by atoms with E-state index in [9.17, 15) is 4.79 Å². The highest BCUT2D eigenvalue weighted by molar-refractivity contribution is 6.74. The maximum Gasteiger partial charge on any atom is 0.303 e. The Morgan fingerprint density at radius 1 is 1.31 bits per heavy atom. The number of hydrogen-bond donors (Lipinski definition) is 1. The first-order valence-corrected chi connectivity index (χ1v) is 12.7. The van der Waals surface area contributed by atoms with Crippen LogP contribution in [0.4, 0.5) is 5.69 Å². The van der Waals surface area contributed by atoms with Crippen molar-refractivity contribution in [2.75, 3.05) is 24.6 Å². The van der Waals surface area contributed by atoms with Gasteiger partial charge in [-0.25, -0.2) is 0 Å². The summed E-state index contributed by atoms with van der Waals surface area (Å²) in [5.41, 5.74) is 2.34. The van der Waals surface area contributed by atoms with Gasteiger partial charge in [0.2, 0.25) is 0 Å². The van der Waals surface area contributed by atoms with Gasteiger partial charge in [-0.3, -0.25) is 4.79 Å². The van der Waals surface area contributed by atoms with Crippen LogP contribution in [-0.2, 0) is 15.6 Å². The molecule has 26 heavy (non-hydrogen) atoms. The third-order valence-corrected chi connectivity index (χ3v) is 10.4. The fraction of sp³-hybridized carbons (Fsp3) is 0.667. The lowest BCUT2D eigenvalue weighted by Gasteiger charge is -2.40. The molecule has 0 aliphatic carbocycles. The second-order valence-corrected chi connectivity index (χ2v) is 13.9. The quantitative estimate of drug-likeness (QED) is 0.684. The number of benzene rings is 1. The van der Waals surface area contributed by atoms with Crippen LogP contribution in [0.3, 0.4) is 0 Å². The van der Waals surface area contributed by atoms with E-state index in [2.05, 4.69) is 57.0 Å². The molecule has 0 spiro atoms. The van der Waals surface area contributed by atoms with Crippen molar-refractivity contribution in [3.8, 4) is 0 Å². The lowest BCUT2D eigenvalue weighted by atomic mass is 9.97. The summed E-state index contributed by atoms with van der Waals surface area (Å²) in [7, 11) is -1.71. The molecule has 0 aromatic heterocycles. The Morgan fingerprint density at radius 3 is 2.65 bits per heavy atom. The first-order valence-electron chi connectivity index (χ1n) is 9.79. The van der Waals surface area contributed by atoms with E-state index in [1.54, 1.807) is 0 Å². The van der Waals surface area contributed by atoms with Crippen LogP contribution < -0.4 is 4.90 Å². The Labute approximate surface area is 159 Å². The maximum atomic E-state index is 10.9. The number of piperidine rings is 1. The van der Waals surface area contributed by atoms with Gasteiger partial charge in [-0.1, -0.05) is 39.0 Å². The van der Waals surface area contributed by atoms with Crippen molar-refractivity contribution in [2.24, 2.45) is 5.92 Å². The fourth-order valence-corrected chi connectivity index (χ4v) is 4.32. The largest absolute Gasteiger partial charge is 0.481 e. The summed E-state index contributed by atoms with van der Waals surface area (Å²) in [5, 5.41) is 9.24. The molecule has 1 fully saturated rings. The van der Waals surface area contributed by atoms with Gasteiger partial charge in [-0.05, 0) is 54.9 Å². The van der Waals surface area contributed by atoms with Crippen LogP contribution in [0.2, 0.25) is 18.1 Å². The first kappa shape index (κ1) is 21.0. The number of anilines is 1. The molecule has 1 aliphatic heterocycles. The molecule has 1 aromatic carbocycles. The van der Waals surface area contributed by atoms with Gasteiger partial charge in [0.05, 0.1) is 0 Å². The smallest absolute Gasteiger partial charge is 0.303 e. The van der Waals surface area contributed by atoms with Gasteiger partial charge >= 0.3 is 5.97 Å². The normalized spacial score (nSPS) is 18.8. The Balaban J connectivity index is 2.01.